The summed E-state index contributed by atoms with van der Waals surface area (Å²) >= 11 is 1.30. The zero-order valence-corrected chi connectivity index (χ0v) is 14.4. The molecule has 1 amide bonds. The summed E-state index contributed by atoms with van der Waals surface area (Å²) in [6.45, 7) is 0.777. The van der Waals surface area contributed by atoms with Gasteiger partial charge in [-0.1, -0.05) is 18.2 Å². The second kappa shape index (κ2) is 6.37. The van der Waals surface area contributed by atoms with Gasteiger partial charge in [-0.2, -0.15) is 0 Å². The van der Waals surface area contributed by atoms with Crippen LogP contribution in [0.4, 0.5) is 4.39 Å². The number of benzene rings is 2. The summed E-state index contributed by atoms with van der Waals surface area (Å²) in [5.74, 6) is 0.940. The highest BCUT2D eigenvalue weighted by molar-refractivity contribution is 7.20. The molecule has 25 heavy (non-hydrogen) atoms. The largest absolute Gasteiger partial charge is 0.486 e. The van der Waals surface area contributed by atoms with Crippen molar-refractivity contribution in [1.82, 2.24) is 4.90 Å². The molecule has 1 aromatic heterocycles. The smallest absolute Gasteiger partial charge is 0.263 e. The topological polar surface area (TPSA) is 38.8 Å². The zero-order chi connectivity index (χ0) is 17.4. The number of hydrogen-bond donors (Lipinski definition) is 0. The van der Waals surface area contributed by atoms with Crippen LogP contribution in [0, 0.1) is 5.82 Å². The molecule has 0 fully saturated rings. The molecule has 1 aliphatic rings. The lowest BCUT2D eigenvalue weighted by atomic mass is 10.2. The van der Waals surface area contributed by atoms with E-state index in [0.717, 1.165) is 4.70 Å². The predicted molar refractivity (Wildman–Crippen MR) is 95.1 cm³/mol. The molecule has 0 aliphatic carbocycles. The van der Waals surface area contributed by atoms with Gasteiger partial charge < -0.3 is 14.4 Å². The molecule has 2 heterocycles. The number of likely N-dealkylation sites (N-methyl/N-ethyl adjacent to an activating group) is 1. The SMILES string of the molecule is CN(C[C@@H]1COc2ccccc2O1)C(=O)c1cc2c(F)cccc2s1. The van der Waals surface area contributed by atoms with E-state index in [1.807, 2.05) is 30.3 Å². The van der Waals surface area contributed by atoms with Gasteiger partial charge in [0, 0.05) is 17.1 Å². The van der Waals surface area contributed by atoms with E-state index in [4.69, 9.17) is 9.47 Å². The van der Waals surface area contributed by atoms with Gasteiger partial charge in [-0.25, -0.2) is 4.39 Å². The number of carbonyl (C=O) groups is 1. The molecule has 0 radical (unpaired) electrons. The van der Waals surface area contributed by atoms with Gasteiger partial charge >= 0.3 is 0 Å². The first kappa shape index (κ1) is 15.9. The lowest BCUT2D eigenvalue weighted by Gasteiger charge is -2.29. The first-order chi connectivity index (χ1) is 12.1. The maximum absolute atomic E-state index is 13.8. The third-order valence-corrected chi connectivity index (χ3v) is 5.20. The van der Waals surface area contributed by atoms with Gasteiger partial charge in [0.2, 0.25) is 0 Å². The highest BCUT2D eigenvalue weighted by atomic mass is 32.1. The molecule has 4 nitrogen and oxygen atoms in total. The Hall–Kier alpha value is -2.60. The van der Waals surface area contributed by atoms with Crippen LogP contribution < -0.4 is 9.47 Å². The standard InChI is InChI=1S/C19H16FNO3S/c1-21(10-12-11-23-15-6-2-3-7-16(15)24-12)19(22)18-9-13-14(20)5-4-8-17(13)25-18/h2-9,12H,10-11H2,1H3/t12-/m1/s1. The van der Waals surface area contributed by atoms with Crippen molar-refractivity contribution >= 4 is 27.3 Å². The van der Waals surface area contributed by atoms with E-state index in [1.165, 1.54) is 17.4 Å². The lowest BCUT2D eigenvalue weighted by molar-refractivity contribution is 0.0524. The summed E-state index contributed by atoms with van der Waals surface area (Å²) in [6, 6.07) is 13.9. The Balaban J connectivity index is 1.48. The Morgan fingerprint density at radius 1 is 1.24 bits per heavy atom. The Labute approximate surface area is 148 Å². The minimum atomic E-state index is -0.309. The number of para-hydroxylation sites is 2. The number of hydrogen-bond acceptors (Lipinski definition) is 4. The maximum atomic E-state index is 13.8. The van der Waals surface area contributed by atoms with Gasteiger partial charge in [0.05, 0.1) is 11.4 Å². The summed E-state index contributed by atoms with van der Waals surface area (Å²) in [7, 11) is 1.72. The van der Waals surface area contributed by atoms with Crippen molar-refractivity contribution in [2.24, 2.45) is 0 Å². The van der Waals surface area contributed by atoms with E-state index < -0.39 is 0 Å². The van der Waals surface area contributed by atoms with Gasteiger partial charge in [0.25, 0.3) is 5.91 Å². The Bertz CT molecular complexity index is 939. The second-order valence-corrected chi connectivity index (χ2v) is 7.03. The summed E-state index contributed by atoms with van der Waals surface area (Å²) in [5.41, 5.74) is 0. The van der Waals surface area contributed by atoms with E-state index in [2.05, 4.69) is 0 Å². The van der Waals surface area contributed by atoms with Crippen LogP contribution in [0.1, 0.15) is 9.67 Å². The maximum Gasteiger partial charge on any atom is 0.263 e. The van der Waals surface area contributed by atoms with Crippen molar-refractivity contribution in [2.75, 3.05) is 20.2 Å². The molecule has 0 unspecified atom stereocenters. The molecule has 0 bridgehead atoms. The van der Waals surface area contributed by atoms with E-state index in [-0.39, 0.29) is 17.8 Å². The fraction of sp³-hybridized carbons (Fsp3) is 0.211. The van der Waals surface area contributed by atoms with E-state index >= 15 is 0 Å². The average molecular weight is 357 g/mol. The molecule has 2 aromatic carbocycles. The van der Waals surface area contributed by atoms with Crippen LogP contribution in [0.15, 0.2) is 48.5 Å². The van der Waals surface area contributed by atoms with Crippen LogP contribution in [0.5, 0.6) is 11.5 Å². The molecular weight excluding hydrogens is 341 g/mol. The van der Waals surface area contributed by atoms with Crippen LogP contribution in [0.2, 0.25) is 0 Å². The third kappa shape index (κ3) is 3.05. The molecule has 0 saturated carbocycles. The lowest BCUT2D eigenvalue weighted by Crippen LogP contribution is -2.41. The van der Waals surface area contributed by atoms with Gasteiger partial charge in [-0.05, 0) is 30.3 Å². The second-order valence-electron chi connectivity index (χ2n) is 5.95. The number of carbonyl (C=O) groups excluding carboxylic acids is 1. The van der Waals surface area contributed by atoms with Crippen LogP contribution in [0.25, 0.3) is 10.1 Å². The van der Waals surface area contributed by atoms with Crippen molar-refractivity contribution in [3.05, 3.63) is 59.2 Å². The summed E-state index contributed by atoms with van der Waals surface area (Å²) in [5, 5.41) is 0.482. The monoisotopic (exact) mass is 357 g/mol. The molecule has 0 saturated heterocycles. The number of nitrogens with zero attached hydrogens (tertiary/aromatic N) is 1. The molecule has 128 valence electrons. The molecular formula is C19H16FNO3S. The zero-order valence-electron chi connectivity index (χ0n) is 13.6. The Kier molecular flexibility index (Phi) is 4.05. The van der Waals surface area contributed by atoms with Crippen LogP contribution in [-0.4, -0.2) is 37.1 Å². The minimum absolute atomic E-state index is 0.150. The van der Waals surface area contributed by atoms with Crippen molar-refractivity contribution in [3.8, 4) is 11.5 Å². The Morgan fingerprint density at radius 3 is 2.84 bits per heavy atom. The molecule has 4 rings (SSSR count). The number of amides is 1. The summed E-state index contributed by atoms with van der Waals surface area (Å²) < 4.78 is 26.2. The quantitative estimate of drug-likeness (QED) is 0.712. The van der Waals surface area contributed by atoms with E-state index in [0.29, 0.717) is 34.9 Å². The van der Waals surface area contributed by atoms with Gasteiger partial charge in [-0.3, -0.25) is 4.79 Å². The third-order valence-electron chi connectivity index (χ3n) is 4.11. The van der Waals surface area contributed by atoms with Gasteiger partial charge in [-0.15, -0.1) is 11.3 Å². The molecule has 0 N–H and O–H groups in total. The van der Waals surface area contributed by atoms with Gasteiger partial charge in [0.1, 0.15) is 12.4 Å². The summed E-state index contributed by atoms with van der Waals surface area (Å²) in [4.78, 5) is 14.8. The molecule has 1 atom stereocenters. The Morgan fingerprint density at radius 2 is 2.04 bits per heavy atom. The van der Waals surface area contributed by atoms with Crippen molar-refractivity contribution in [1.29, 1.82) is 0 Å². The van der Waals surface area contributed by atoms with Crippen LogP contribution >= 0.6 is 11.3 Å². The number of thiophene rings is 1. The van der Waals surface area contributed by atoms with Gasteiger partial charge in [0.15, 0.2) is 17.6 Å². The molecule has 6 heteroatoms. The first-order valence-electron chi connectivity index (χ1n) is 7.94. The number of rotatable bonds is 3. The van der Waals surface area contributed by atoms with Crippen LogP contribution in [0.3, 0.4) is 0 Å². The predicted octanol–water partition coefficient (Wildman–Crippen LogP) is 3.95. The summed E-state index contributed by atoms with van der Waals surface area (Å²) in [6.07, 6.45) is -0.241. The average Bonchev–Trinajstić information content (AvgIpc) is 3.06. The highest BCUT2D eigenvalue weighted by Gasteiger charge is 2.25. The molecule has 3 aromatic rings. The normalized spacial score (nSPS) is 16.0. The number of ether oxygens (including phenoxy) is 2. The van der Waals surface area contributed by atoms with Crippen molar-refractivity contribution < 1.29 is 18.7 Å². The molecule has 0 spiro atoms. The fourth-order valence-electron chi connectivity index (χ4n) is 2.86. The van der Waals surface area contributed by atoms with Crippen LogP contribution in [-0.2, 0) is 0 Å². The van der Waals surface area contributed by atoms with Crippen molar-refractivity contribution in [2.45, 2.75) is 6.10 Å². The molecule has 1 aliphatic heterocycles. The highest BCUT2D eigenvalue weighted by Crippen LogP contribution is 2.31. The number of fused-ring (bicyclic) bond motifs is 2. The van der Waals surface area contributed by atoms with E-state index in [1.54, 1.807) is 24.1 Å². The fourth-order valence-corrected chi connectivity index (χ4v) is 3.93. The number of halogens is 1. The minimum Gasteiger partial charge on any atom is -0.486 e. The van der Waals surface area contributed by atoms with Crippen molar-refractivity contribution in [3.63, 3.8) is 0 Å². The first-order valence-corrected chi connectivity index (χ1v) is 8.75. The van der Waals surface area contributed by atoms with E-state index in [9.17, 15) is 9.18 Å².